The smallest absolute Gasteiger partial charge is 0.354 e. The molecule has 1 heterocycles. The molecular weight excluding hydrogens is 402 g/mol. The van der Waals surface area contributed by atoms with E-state index in [1.165, 1.54) is 0 Å². The molecular formula is C21H29F4N3O2. The van der Waals surface area contributed by atoms with Crippen LogP contribution in [0.5, 0.6) is 0 Å². The van der Waals surface area contributed by atoms with Crippen LogP contribution in [0, 0.1) is 17.2 Å². The van der Waals surface area contributed by atoms with E-state index in [-0.39, 0.29) is 17.4 Å². The fourth-order valence-electron chi connectivity index (χ4n) is 3.23. The minimum absolute atomic E-state index is 0.00567. The van der Waals surface area contributed by atoms with Crippen LogP contribution in [0.15, 0.2) is 18.2 Å². The Morgan fingerprint density at radius 3 is 2.27 bits per heavy atom. The van der Waals surface area contributed by atoms with Gasteiger partial charge < -0.3 is 15.5 Å². The first kappa shape index (κ1) is 24.1. The molecule has 2 rings (SSSR count). The van der Waals surface area contributed by atoms with E-state index in [1.54, 1.807) is 0 Å². The van der Waals surface area contributed by atoms with E-state index in [0.29, 0.717) is 25.2 Å². The highest BCUT2D eigenvalue weighted by atomic mass is 19.4. The number of nitrogens with zero attached hydrogens (tertiary/aromatic N) is 1. The molecule has 0 aromatic heterocycles. The molecule has 0 aliphatic carbocycles. The first-order valence-electron chi connectivity index (χ1n) is 10.0. The van der Waals surface area contributed by atoms with E-state index in [0.717, 1.165) is 38.5 Å². The van der Waals surface area contributed by atoms with Gasteiger partial charge in [0.15, 0.2) is 0 Å². The Balaban J connectivity index is 1.75. The van der Waals surface area contributed by atoms with Crippen LogP contribution in [0.3, 0.4) is 0 Å². The first-order valence-corrected chi connectivity index (χ1v) is 10.0. The Kier molecular flexibility index (Phi) is 7.85. The van der Waals surface area contributed by atoms with Crippen LogP contribution in [0.2, 0.25) is 0 Å². The molecule has 1 aromatic rings. The van der Waals surface area contributed by atoms with Crippen molar-refractivity contribution < 1.29 is 27.2 Å². The van der Waals surface area contributed by atoms with Gasteiger partial charge in [0, 0.05) is 30.6 Å². The van der Waals surface area contributed by atoms with E-state index in [4.69, 9.17) is 0 Å². The molecule has 9 heteroatoms. The lowest BCUT2D eigenvalue weighted by atomic mass is 9.95. The number of nitrogens with one attached hydrogen (secondary N) is 2. The third kappa shape index (κ3) is 7.27. The van der Waals surface area contributed by atoms with Gasteiger partial charge in [0.2, 0.25) is 5.91 Å². The van der Waals surface area contributed by atoms with Gasteiger partial charge in [-0.25, -0.2) is 4.39 Å². The maximum atomic E-state index is 13.5. The van der Waals surface area contributed by atoms with Gasteiger partial charge in [0.05, 0.1) is 5.56 Å². The van der Waals surface area contributed by atoms with Gasteiger partial charge in [0.1, 0.15) is 5.82 Å². The molecule has 1 aliphatic rings. The Labute approximate surface area is 174 Å². The monoisotopic (exact) mass is 431 g/mol. The second-order valence-electron chi connectivity index (χ2n) is 8.73. The molecule has 0 bridgehead atoms. The third-order valence-corrected chi connectivity index (χ3v) is 5.14. The number of alkyl halides is 3. The zero-order valence-electron chi connectivity index (χ0n) is 17.5. The number of likely N-dealkylation sites (tertiary alicyclic amines) is 1. The maximum Gasteiger partial charge on any atom is 0.416 e. The number of piperidine rings is 1. The van der Waals surface area contributed by atoms with Gasteiger partial charge in [-0.3, -0.25) is 9.59 Å². The molecule has 30 heavy (non-hydrogen) atoms. The number of hydrogen-bond acceptors (Lipinski definition) is 3. The second-order valence-corrected chi connectivity index (χ2v) is 8.73. The van der Waals surface area contributed by atoms with Crippen molar-refractivity contribution in [3.05, 3.63) is 35.1 Å². The fraction of sp³-hybridized carbons (Fsp3) is 0.619. The van der Waals surface area contributed by atoms with E-state index in [2.05, 4.69) is 15.5 Å². The molecule has 0 saturated carbocycles. The topological polar surface area (TPSA) is 61.4 Å². The predicted octanol–water partition coefficient (Wildman–Crippen LogP) is 3.45. The first-order chi connectivity index (χ1) is 13.9. The molecule has 0 unspecified atom stereocenters. The molecule has 0 spiro atoms. The minimum atomic E-state index is -4.71. The van der Waals surface area contributed by atoms with E-state index in [9.17, 15) is 27.2 Å². The summed E-state index contributed by atoms with van der Waals surface area (Å²) in [7, 11) is 0. The average molecular weight is 431 g/mol. The standard InChI is InChI=1S/C21H29F4N3O2/c1-20(2,3)19(30)26-6-9-28-7-4-14(5-8-28)13-27-18(29)15-10-16(21(23,24)25)12-17(22)11-15/h10-12,14H,4-9,13H2,1-3H3,(H,26,30)(H,27,29). The van der Waals surface area contributed by atoms with Gasteiger partial charge in [-0.15, -0.1) is 0 Å². The summed E-state index contributed by atoms with van der Waals surface area (Å²) in [6, 6.07) is 1.84. The van der Waals surface area contributed by atoms with Gasteiger partial charge in [-0.2, -0.15) is 13.2 Å². The van der Waals surface area contributed by atoms with Gasteiger partial charge in [0.25, 0.3) is 5.91 Å². The lowest BCUT2D eigenvalue weighted by molar-refractivity contribution is -0.137. The summed E-state index contributed by atoms with van der Waals surface area (Å²) >= 11 is 0. The van der Waals surface area contributed by atoms with Crippen LogP contribution >= 0.6 is 0 Å². The van der Waals surface area contributed by atoms with E-state index in [1.807, 2.05) is 20.8 Å². The normalized spacial score (nSPS) is 16.4. The summed E-state index contributed by atoms with van der Waals surface area (Å²) in [5.41, 5.74) is -1.94. The number of benzene rings is 1. The zero-order chi connectivity index (χ0) is 22.5. The summed E-state index contributed by atoms with van der Waals surface area (Å²) in [5, 5.41) is 5.53. The average Bonchev–Trinajstić information content (AvgIpc) is 2.65. The Morgan fingerprint density at radius 2 is 1.70 bits per heavy atom. The van der Waals surface area contributed by atoms with Crippen LogP contribution < -0.4 is 10.6 Å². The summed E-state index contributed by atoms with van der Waals surface area (Å²) in [5.74, 6) is -1.61. The fourth-order valence-corrected chi connectivity index (χ4v) is 3.23. The Morgan fingerprint density at radius 1 is 1.07 bits per heavy atom. The number of amides is 2. The molecule has 1 saturated heterocycles. The predicted molar refractivity (Wildman–Crippen MR) is 105 cm³/mol. The zero-order valence-corrected chi connectivity index (χ0v) is 17.5. The van der Waals surface area contributed by atoms with Crippen molar-refractivity contribution in [1.82, 2.24) is 15.5 Å². The summed E-state index contributed by atoms with van der Waals surface area (Å²) in [4.78, 5) is 26.3. The number of rotatable bonds is 6. The van der Waals surface area contributed by atoms with Crippen LogP contribution in [0.1, 0.15) is 49.5 Å². The van der Waals surface area contributed by atoms with Crippen molar-refractivity contribution in [2.45, 2.75) is 39.8 Å². The summed E-state index contributed by atoms with van der Waals surface area (Å²) in [6.07, 6.45) is -3.06. The lowest BCUT2D eigenvalue weighted by Gasteiger charge is -2.32. The summed E-state index contributed by atoms with van der Waals surface area (Å²) in [6.45, 7) is 8.82. The Hall–Kier alpha value is -2.16. The maximum absolute atomic E-state index is 13.5. The van der Waals surface area contributed by atoms with Crippen molar-refractivity contribution in [3.8, 4) is 0 Å². The highest BCUT2D eigenvalue weighted by Gasteiger charge is 2.32. The minimum Gasteiger partial charge on any atom is -0.354 e. The molecule has 0 radical (unpaired) electrons. The second kappa shape index (κ2) is 9.76. The lowest BCUT2D eigenvalue weighted by Crippen LogP contribution is -2.43. The largest absolute Gasteiger partial charge is 0.416 e. The van der Waals surface area contributed by atoms with E-state index >= 15 is 0 Å². The van der Waals surface area contributed by atoms with Gasteiger partial charge in [-0.05, 0) is 50.0 Å². The molecule has 2 amide bonds. The van der Waals surface area contributed by atoms with Crippen LogP contribution in [-0.4, -0.2) is 49.4 Å². The van der Waals surface area contributed by atoms with E-state index < -0.39 is 28.9 Å². The summed E-state index contributed by atoms with van der Waals surface area (Å²) < 4.78 is 51.8. The SMILES string of the molecule is CC(C)(C)C(=O)NCCN1CCC(CNC(=O)c2cc(F)cc(C(F)(F)F)c2)CC1. The van der Waals surface area contributed by atoms with Gasteiger partial charge >= 0.3 is 6.18 Å². The van der Waals surface area contributed by atoms with Gasteiger partial charge in [-0.1, -0.05) is 20.8 Å². The number of hydrogen-bond donors (Lipinski definition) is 2. The van der Waals surface area contributed by atoms with Crippen molar-refractivity contribution in [1.29, 1.82) is 0 Å². The molecule has 1 aliphatic heterocycles. The number of carbonyl (C=O) groups excluding carboxylic acids is 2. The van der Waals surface area contributed by atoms with Crippen molar-refractivity contribution in [3.63, 3.8) is 0 Å². The number of halogens is 4. The van der Waals surface area contributed by atoms with Crippen molar-refractivity contribution in [2.24, 2.45) is 11.3 Å². The number of carbonyl (C=O) groups is 2. The highest BCUT2D eigenvalue weighted by Crippen LogP contribution is 2.30. The molecule has 1 aromatic carbocycles. The third-order valence-electron chi connectivity index (χ3n) is 5.14. The van der Waals surface area contributed by atoms with Crippen LogP contribution in [0.4, 0.5) is 17.6 Å². The molecule has 1 fully saturated rings. The Bertz CT molecular complexity index is 752. The van der Waals surface area contributed by atoms with Crippen LogP contribution in [-0.2, 0) is 11.0 Å². The van der Waals surface area contributed by atoms with Crippen molar-refractivity contribution >= 4 is 11.8 Å². The highest BCUT2D eigenvalue weighted by molar-refractivity contribution is 5.94. The molecule has 2 N–H and O–H groups in total. The van der Waals surface area contributed by atoms with Crippen LogP contribution in [0.25, 0.3) is 0 Å². The molecule has 5 nitrogen and oxygen atoms in total. The quantitative estimate of drug-likeness (QED) is 0.679. The molecule has 0 atom stereocenters. The van der Waals surface area contributed by atoms with Crippen molar-refractivity contribution in [2.75, 3.05) is 32.7 Å². The molecule has 168 valence electrons.